The largest absolute Gasteiger partial charge is 0.365 e. The molecule has 2 heterocycles. The van der Waals surface area contributed by atoms with Gasteiger partial charge in [0.2, 0.25) is 5.91 Å². The Bertz CT molecular complexity index is 724. The van der Waals surface area contributed by atoms with E-state index in [2.05, 4.69) is 5.32 Å². The zero-order valence-electron chi connectivity index (χ0n) is 12.0. The van der Waals surface area contributed by atoms with Crippen LogP contribution < -0.4 is 5.32 Å². The van der Waals surface area contributed by atoms with Crippen molar-refractivity contribution < 1.29 is 23.9 Å². The van der Waals surface area contributed by atoms with Crippen molar-refractivity contribution in [3.63, 3.8) is 0 Å². The number of Topliss-reactive ketones (excluding diaryl/α,β-unsaturated/α-hetero) is 2. The summed E-state index contributed by atoms with van der Waals surface area (Å²) in [6, 6.07) is 8.17. The number of carbonyl (C=O) groups excluding carboxylic acids is 4. The van der Waals surface area contributed by atoms with Crippen LogP contribution in [0, 0.1) is 17.8 Å². The van der Waals surface area contributed by atoms with Crippen LogP contribution in [0.5, 0.6) is 0 Å². The molecule has 1 aromatic carbocycles. The van der Waals surface area contributed by atoms with Crippen LogP contribution in [0.2, 0.25) is 0 Å². The second kappa shape index (κ2) is 4.96. The molecule has 23 heavy (non-hydrogen) atoms. The number of hydrogen-bond donors (Lipinski definition) is 1. The van der Waals surface area contributed by atoms with Crippen LogP contribution in [-0.4, -0.2) is 35.6 Å². The Labute approximate surface area is 131 Å². The summed E-state index contributed by atoms with van der Waals surface area (Å²) in [6.45, 7) is 0. The number of fused-ring (bicyclic) bond motifs is 5. The van der Waals surface area contributed by atoms with Crippen molar-refractivity contribution in [3.05, 3.63) is 48.0 Å². The highest BCUT2D eigenvalue weighted by atomic mass is 16.5. The lowest BCUT2D eigenvalue weighted by Gasteiger charge is -2.12. The molecule has 6 heteroatoms. The highest BCUT2D eigenvalue weighted by Gasteiger charge is 2.63. The van der Waals surface area contributed by atoms with E-state index in [9.17, 15) is 19.2 Å². The van der Waals surface area contributed by atoms with Crippen molar-refractivity contribution in [2.45, 2.75) is 12.2 Å². The average molecular weight is 311 g/mol. The third kappa shape index (κ3) is 1.98. The first-order valence-corrected chi connectivity index (χ1v) is 7.39. The van der Waals surface area contributed by atoms with Gasteiger partial charge in [-0.05, 0) is 12.1 Å². The topological polar surface area (TPSA) is 89.5 Å². The van der Waals surface area contributed by atoms with Crippen LogP contribution in [0.15, 0.2) is 42.5 Å². The first-order chi connectivity index (χ1) is 11.1. The summed E-state index contributed by atoms with van der Waals surface area (Å²) in [6.07, 6.45) is 2.66. The van der Waals surface area contributed by atoms with Crippen molar-refractivity contribution >= 4 is 23.4 Å². The summed E-state index contributed by atoms with van der Waals surface area (Å²) in [5.74, 6) is -4.97. The van der Waals surface area contributed by atoms with Gasteiger partial charge in [0.15, 0.2) is 17.5 Å². The van der Waals surface area contributed by atoms with Crippen molar-refractivity contribution in [3.8, 4) is 0 Å². The van der Waals surface area contributed by atoms with E-state index in [-0.39, 0.29) is 0 Å². The molecule has 0 radical (unpaired) electrons. The molecule has 1 aliphatic carbocycles. The lowest BCUT2D eigenvalue weighted by Crippen LogP contribution is -2.41. The van der Waals surface area contributed by atoms with E-state index in [1.165, 1.54) is 0 Å². The molecular formula is C17H13NO5. The van der Waals surface area contributed by atoms with Crippen LogP contribution in [0.4, 0.5) is 0 Å². The molecule has 2 amide bonds. The number of imide groups is 1. The molecule has 1 saturated carbocycles. The minimum atomic E-state index is -1.41. The summed E-state index contributed by atoms with van der Waals surface area (Å²) in [5.41, 5.74) is 0.295. The van der Waals surface area contributed by atoms with Gasteiger partial charge >= 0.3 is 0 Å². The van der Waals surface area contributed by atoms with Gasteiger partial charge in [-0.2, -0.15) is 0 Å². The fourth-order valence-electron chi connectivity index (χ4n) is 3.62. The van der Waals surface area contributed by atoms with E-state index >= 15 is 0 Å². The molecule has 4 unspecified atom stereocenters. The van der Waals surface area contributed by atoms with Gasteiger partial charge in [-0.3, -0.25) is 24.5 Å². The van der Waals surface area contributed by atoms with Crippen LogP contribution >= 0.6 is 0 Å². The van der Waals surface area contributed by atoms with Gasteiger partial charge in [-0.15, -0.1) is 0 Å². The molecule has 2 aliphatic heterocycles. The van der Waals surface area contributed by atoms with E-state index in [1.807, 2.05) is 0 Å². The van der Waals surface area contributed by atoms with Crippen molar-refractivity contribution in [2.24, 2.45) is 17.8 Å². The number of ether oxygens (including phenoxy) is 1. The lowest BCUT2D eigenvalue weighted by molar-refractivity contribution is -0.138. The van der Waals surface area contributed by atoms with Crippen LogP contribution in [0.1, 0.15) is 10.4 Å². The third-order valence-corrected chi connectivity index (χ3v) is 4.66. The zero-order valence-corrected chi connectivity index (χ0v) is 12.0. The maximum atomic E-state index is 12.4. The standard InChI is InChI=1S/C17H13NO5/c19-14-11-9-6-7-10(23-9)12(11)15(20)13(14)17(22)18-16(21)8-4-2-1-3-5-8/h1-7,9-13H,(H,18,21,22). The van der Waals surface area contributed by atoms with Gasteiger partial charge in [0.25, 0.3) is 5.91 Å². The van der Waals surface area contributed by atoms with Gasteiger partial charge in [-0.1, -0.05) is 30.4 Å². The van der Waals surface area contributed by atoms with Gasteiger partial charge < -0.3 is 4.74 Å². The molecular weight excluding hydrogens is 298 g/mol. The van der Waals surface area contributed by atoms with Crippen molar-refractivity contribution in [1.82, 2.24) is 5.32 Å². The SMILES string of the molecule is O=C(NC(=O)C1C(=O)C2C3C=CC(O3)C2C1=O)c1ccccc1. The number of nitrogens with one attached hydrogen (secondary N) is 1. The van der Waals surface area contributed by atoms with Crippen molar-refractivity contribution in [1.29, 1.82) is 0 Å². The molecule has 1 saturated heterocycles. The Hall–Kier alpha value is -2.60. The Morgan fingerprint density at radius 2 is 1.48 bits per heavy atom. The van der Waals surface area contributed by atoms with Gasteiger partial charge in [-0.25, -0.2) is 0 Å². The summed E-state index contributed by atoms with van der Waals surface area (Å²) >= 11 is 0. The summed E-state index contributed by atoms with van der Waals surface area (Å²) < 4.78 is 5.51. The number of rotatable bonds is 2. The molecule has 4 rings (SSSR count). The summed E-state index contributed by atoms with van der Waals surface area (Å²) in [4.78, 5) is 49.2. The first-order valence-electron chi connectivity index (χ1n) is 7.39. The lowest BCUT2D eigenvalue weighted by atomic mass is 9.85. The molecule has 116 valence electrons. The molecule has 6 nitrogen and oxygen atoms in total. The Morgan fingerprint density at radius 1 is 0.913 bits per heavy atom. The van der Waals surface area contributed by atoms with E-state index in [4.69, 9.17) is 4.74 Å². The monoisotopic (exact) mass is 311 g/mol. The molecule has 1 aromatic rings. The van der Waals surface area contributed by atoms with Gasteiger partial charge in [0.05, 0.1) is 24.0 Å². The molecule has 1 N–H and O–H groups in total. The quantitative estimate of drug-likeness (QED) is 0.481. The molecule has 3 aliphatic rings. The Balaban J connectivity index is 1.53. The number of benzene rings is 1. The maximum absolute atomic E-state index is 12.4. The average Bonchev–Trinajstić information content (AvgIpc) is 3.22. The van der Waals surface area contributed by atoms with E-state index < -0.39 is 53.3 Å². The minimum absolute atomic E-state index is 0.295. The predicted molar refractivity (Wildman–Crippen MR) is 77.2 cm³/mol. The molecule has 2 fully saturated rings. The summed E-state index contributed by atoms with van der Waals surface area (Å²) in [7, 11) is 0. The smallest absolute Gasteiger partial charge is 0.257 e. The Kier molecular flexibility index (Phi) is 3.02. The number of amides is 2. The maximum Gasteiger partial charge on any atom is 0.257 e. The predicted octanol–water partition coefficient (Wildman–Crippen LogP) is 0.281. The molecule has 2 bridgehead atoms. The fraction of sp³-hybridized carbons (Fsp3) is 0.294. The Morgan fingerprint density at radius 3 is 2.04 bits per heavy atom. The van der Waals surface area contributed by atoms with Crippen LogP contribution in [0.3, 0.4) is 0 Å². The highest BCUT2D eigenvalue weighted by molar-refractivity contribution is 6.27. The van der Waals surface area contributed by atoms with Crippen LogP contribution in [-0.2, 0) is 19.1 Å². The van der Waals surface area contributed by atoms with Crippen molar-refractivity contribution in [2.75, 3.05) is 0 Å². The zero-order chi connectivity index (χ0) is 16.1. The highest BCUT2D eigenvalue weighted by Crippen LogP contribution is 2.46. The fourth-order valence-corrected chi connectivity index (χ4v) is 3.62. The second-order valence-corrected chi connectivity index (χ2v) is 5.92. The van der Waals surface area contributed by atoms with Gasteiger partial charge in [0, 0.05) is 5.56 Å². The normalized spacial score (nSPS) is 33.8. The summed E-state index contributed by atoms with van der Waals surface area (Å²) in [5, 5.41) is 2.16. The first kappa shape index (κ1) is 14.0. The number of hydrogen-bond acceptors (Lipinski definition) is 5. The number of ketones is 2. The molecule has 4 atom stereocenters. The molecule has 0 aromatic heterocycles. The van der Waals surface area contributed by atoms with E-state index in [0.717, 1.165) is 0 Å². The van der Waals surface area contributed by atoms with Crippen LogP contribution in [0.25, 0.3) is 0 Å². The third-order valence-electron chi connectivity index (χ3n) is 4.66. The molecule has 0 spiro atoms. The van der Waals surface area contributed by atoms with Gasteiger partial charge in [0.1, 0.15) is 0 Å². The second-order valence-electron chi connectivity index (χ2n) is 5.92. The minimum Gasteiger partial charge on any atom is -0.365 e. The van der Waals surface area contributed by atoms with E-state index in [0.29, 0.717) is 5.56 Å². The number of carbonyl (C=O) groups is 4. The van der Waals surface area contributed by atoms with E-state index in [1.54, 1.807) is 42.5 Å².